The van der Waals surface area contributed by atoms with E-state index < -0.39 is 6.04 Å². The lowest BCUT2D eigenvalue weighted by Crippen LogP contribution is -2.44. The molecule has 1 unspecified atom stereocenters. The van der Waals surface area contributed by atoms with Crippen LogP contribution in [0.1, 0.15) is 15.9 Å². The van der Waals surface area contributed by atoms with Gasteiger partial charge < -0.3 is 19.7 Å². The quantitative estimate of drug-likeness (QED) is 0.705. The van der Waals surface area contributed by atoms with Gasteiger partial charge in [0.05, 0.1) is 29.7 Å². The SMILES string of the molecule is COCCOc1ccccc1C(=O)N1CSCC1C(=O)Nc1ccc(C#N)cc1. The molecule has 29 heavy (non-hydrogen) atoms. The molecule has 1 N–H and O–H groups in total. The van der Waals surface area contributed by atoms with Gasteiger partial charge in [-0.2, -0.15) is 5.26 Å². The summed E-state index contributed by atoms with van der Waals surface area (Å²) >= 11 is 1.53. The van der Waals surface area contributed by atoms with Gasteiger partial charge in [0.2, 0.25) is 5.91 Å². The van der Waals surface area contributed by atoms with Gasteiger partial charge in [-0.3, -0.25) is 9.59 Å². The van der Waals surface area contributed by atoms with E-state index in [2.05, 4.69) is 5.32 Å². The first-order valence-corrected chi connectivity index (χ1v) is 10.2. The van der Waals surface area contributed by atoms with Gasteiger partial charge in [0.1, 0.15) is 18.4 Å². The number of rotatable bonds is 7. The number of anilines is 1. The van der Waals surface area contributed by atoms with E-state index >= 15 is 0 Å². The minimum atomic E-state index is -0.588. The molecule has 0 radical (unpaired) electrons. The van der Waals surface area contributed by atoms with Crippen molar-refractivity contribution in [2.75, 3.05) is 37.3 Å². The van der Waals surface area contributed by atoms with Gasteiger partial charge in [0, 0.05) is 18.6 Å². The molecular formula is C21H21N3O4S. The smallest absolute Gasteiger partial charge is 0.259 e. The number of nitrogens with zero attached hydrogens (tertiary/aromatic N) is 2. The van der Waals surface area contributed by atoms with Gasteiger partial charge in [-0.1, -0.05) is 12.1 Å². The van der Waals surface area contributed by atoms with Gasteiger partial charge in [-0.05, 0) is 36.4 Å². The molecule has 1 heterocycles. The maximum atomic E-state index is 13.1. The summed E-state index contributed by atoms with van der Waals surface area (Å²) in [5.41, 5.74) is 1.52. The summed E-state index contributed by atoms with van der Waals surface area (Å²) in [5, 5.41) is 11.7. The van der Waals surface area contributed by atoms with Crippen molar-refractivity contribution in [1.82, 2.24) is 4.90 Å². The van der Waals surface area contributed by atoms with Gasteiger partial charge in [0.25, 0.3) is 5.91 Å². The van der Waals surface area contributed by atoms with Crippen molar-refractivity contribution in [2.24, 2.45) is 0 Å². The summed E-state index contributed by atoms with van der Waals surface area (Å²) in [7, 11) is 1.58. The van der Waals surface area contributed by atoms with Crippen LogP contribution < -0.4 is 10.1 Å². The summed E-state index contributed by atoms with van der Waals surface area (Å²) in [6.07, 6.45) is 0. The summed E-state index contributed by atoms with van der Waals surface area (Å²) in [6, 6.07) is 15.1. The predicted molar refractivity (Wildman–Crippen MR) is 111 cm³/mol. The maximum Gasteiger partial charge on any atom is 0.259 e. The molecule has 150 valence electrons. The predicted octanol–water partition coefficient (Wildman–Crippen LogP) is 2.74. The minimum absolute atomic E-state index is 0.247. The molecule has 0 aromatic heterocycles. The Morgan fingerprint density at radius 2 is 1.97 bits per heavy atom. The fourth-order valence-corrected chi connectivity index (χ4v) is 4.03. The number of ether oxygens (including phenoxy) is 2. The lowest BCUT2D eigenvalue weighted by Gasteiger charge is -2.24. The number of carbonyl (C=O) groups is 2. The normalized spacial score (nSPS) is 15.6. The third-order valence-electron chi connectivity index (χ3n) is 4.39. The topological polar surface area (TPSA) is 91.7 Å². The van der Waals surface area contributed by atoms with Crippen molar-refractivity contribution in [1.29, 1.82) is 5.26 Å². The van der Waals surface area contributed by atoms with E-state index in [0.29, 0.717) is 47.4 Å². The summed E-state index contributed by atoms with van der Waals surface area (Å²) in [6.45, 7) is 0.746. The highest BCUT2D eigenvalue weighted by molar-refractivity contribution is 7.99. The second-order valence-electron chi connectivity index (χ2n) is 6.31. The maximum absolute atomic E-state index is 13.1. The van der Waals surface area contributed by atoms with Gasteiger partial charge in [-0.25, -0.2) is 0 Å². The fourth-order valence-electron chi connectivity index (χ4n) is 2.87. The Morgan fingerprint density at radius 3 is 2.69 bits per heavy atom. The van der Waals surface area contributed by atoms with Crippen LogP contribution in [0.3, 0.4) is 0 Å². The zero-order valence-electron chi connectivity index (χ0n) is 16.0. The highest BCUT2D eigenvalue weighted by Gasteiger charge is 2.36. The second kappa shape index (κ2) is 9.96. The Hall–Kier alpha value is -3.02. The molecule has 7 nitrogen and oxygen atoms in total. The van der Waals surface area contributed by atoms with Crippen LogP contribution in [-0.2, 0) is 9.53 Å². The number of methoxy groups -OCH3 is 1. The Bertz CT molecular complexity index is 911. The van der Waals surface area contributed by atoms with Crippen molar-refractivity contribution in [2.45, 2.75) is 6.04 Å². The van der Waals surface area contributed by atoms with Crippen molar-refractivity contribution < 1.29 is 19.1 Å². The Kier molecular flexibility index (Phi) is 7.11. The molecule has 0 aliphatic carbocycles. The largest absolute Gasteiger partial charge is 0.490 e. The van der Waals surface area contributed by atoms with Gasteiger partial charge in [0.15, 0.2) is 0 Å². The number of nitriles is 1. The molecule has 8 heteroatoms. The average molecular weight is 411 g/mol. The van der Waals surface area contributed by atoms with Crippen molar-refractivity contribution >= 4 is 29.3 Å². The van der Waals surface area contributed by atoms with E-state index in [9.17, 15) is 9.59 Å². The van der Waals surface area contributed by atoms with Crippen LogP contribution in [0.25, 0.3) is 0 Å². The van der Waals surface area contributed by atoms with Crippen LogP contribution in [0.15, 0.2) is 48.5 Å². The first kappa shape index (κ1) is 20.7. The Labute approximate surface area is 173 Å². The summed E-state index contributed by atoms with van der Waals surface area (Å²) in [5.74, 6) is 0.906. The van der Waals surface area contributed by atoms with Crippen LogP contribution in [-0.4, -0.2) is 54.7 Å². The number of benzene rings is 2. The van der Waals surface area contributed by atoms with E-state index in [0.717, 1.165) is 0 Å². The van der Waals surface area contributed by atoms with Crippen LogP contribution >= 0.6 is 11.8 Å². The van der Waals surface area contributed by atoms with E-state index in [1.165, 1.54) is 11.8 Å². The van der Waals surface area contributed by atoms with Crippen LogP contribution in [0.5, 0.6) is 5.75 Å². The molecule has 1 saturated heterocycles. The molecule has 1 aliphatic rings. The molecule has 1 aliphatic heterocycles. The van der Waals surface area contributed by atoms with Crippen LogP contribution in [0, 0.1) is 11.3 Å². The summed E-state index contributed by atoms with van der Waals surface area (Å²) in [4.78, 5) is 27.5. The Balaban J connectivity index is 1.72. The number of nitrogens with one attached hydrogen (secondary N) is 1. The first-order valence-electron chi connectivity index (χ1n) is 9.04. The molecule has 2 aromatic carbocycles. The third kappa shape index (κ3) is 5.08. The highest BCUT2D eigenvalue weighted by Crippen LogP contribution is 2.27. The van der Waals surface area contributed by atoms with Crippen LogP contribution in [0.4, 0.5) is 5.69 Å². The number of amides is 2. The number of thioether (sulfide) groups is 1. The number of para-hydroxylation sites is 1. The monoisotopic (exact) mass is 411 g/mol. The highest BCUT2D eigenvalue weighted by atomic mass is 32.2. The van der Waals surface area contributed by atoms with E-state index in [1.807, 2.05) is 6.07 Å². The third-order valence-corrected chi connectivity index (χ3v) is 5.40. The zero-order valence-corrected chi connectivity index (χ0v) is 16.8. The number of hydrogen-bond donors (Lipinski definition) is 1. The van der Waals surface area contributed by atoms with Gasteiger partial charge in [-0.15, -0.1) is 11.8 Å². The second-order valence-corrected chi connectivity index (χ2v) is 7.31. The molecule has 0 bridgehead atoms. The van der Waals surface area contributed by atoms with Crippen molar-refractivity contribution in [3.8, 4) is 11.8 Å². The van der Waals surface area contributed by atoms with E-state index in [4.69, 9.17) is 14.7 Å². The molecular weight excluding hydrogens is 390 g/mol. The van der Waals surface area contributed by atoms with Crippen molar-refractivity contribution in [3.05, 3.63) is 59.7 Å². The minimum Gasteiger partial charge on any atom is -0.490 e. The molecule has 1 fully saturated rings. The molecule has 2 aromatic rings. The summed E-state index contributed by atoms with van der Waals surface area (Å²) < 4.78 is 10.7. The van der Waals surface area contributed by atoms with Gasteiger partial charge >= 0.3 is 0 Å². The molecule has 2 amide bonds. The average Bonchev–Trinajstić information content (AvgIpc) is 3.24. The lowest BCUT2D eigenvalue weighted by molar-refractivity contribution is -0.119. The standard InChI is InChI=1S/C21H21N3O4S/c1-27-10-11-28-19-5-3-2-4-17(19)21(26)24-14-29-13-18(24)20(25)23-16-8-6-15(12-22)7-9-16/h2-9,18H,10-11,13-14H2,1H3,(H,23,25). The fraction of sp³-hybridized carbons (Fsp3) is 0.286. The number of hydrogen-bond acceptors (Lipinski definition) is 6. The van der Waals surface area contributed by atoms with Crippen molar-refractivity contribution in [3.63, 3.8) is 0 Å². The molecule has 0 saturated carbocycles. The van der Waals surface area contributed by atoms with E-state index in [1.54, 1.807) is 60.5 Å². The first-order chi connectivity index (χ1) is 14.1. The van der Waals surface area contributed by atoms with E-state index in [-0.39, 0.29) is 11.8 Å². The lowest BCUT2D eigenvalue weighted by atomic mass is 10.1. The Morgan fingerprint density at radius 1 is 1.21 bits per heavy atom. The zero-order chi connectivity index (χ0) is 20.6. The molecule has 0 spiro atoms. The molecule has 3 rings (SSSR count). The molecule has 1 atom stereocenters. The number of carbonyl (C=O) groups excluding carboxylic acids is 2. The van der Waals surface area contributed by atoms with Crippen LogP contribution in [0.2, 0.25) is 0 Å².